The summed E-state index contributed by atoms with van der Waals surface area (Å²) in [7, 11) is 0. The fourth-order valence-corrected chi connectivity index (χ4v) is 4.41. The van der Waals surface area contributed by atoms with Gasteiger partial charge in [0.1, 0.15) is 0 Å². The molecule has 0 radical (unpaired) electrons. The zero-order chi connectivity index (χ0) is 22.7. The predicted molar refractivity (Wildman–Crippen MR) is 124 cm³/mol. The van der Waals surface area contributed by atoms with Crippen LogP contribution >= 0.6 is 0 Å². The first-order valence-corrected chi connectivity index (χ1v) is 11.6. The third-order valence-corrected chi connectivity index (χ3v) is 6.13. The molecule has 1 amide bonds. The molecule has 0 unspecified atom stereocenters. The van der Waals surface area contributed by atoms with E-state index < -0.39 is 17.8 Å². The highest BCUT2D eigenvalue weighted by molar-refractivity contribution is 5.75. The molecule has 31 heavy (non-hydrogen) atoms. The molecule has 5 atom stereocenters. The number of hydrogen-bond donors (Lipinski definition) is 4. The summed E-state index contributed by atoms with van der Waals surface area (Å²) in [5.74, 6) is -0.227. The molecule has 1 aliphatic carbocycles. The van der Waals surface area contributed by atoms with Crippen LogP contribution in [0.5, 0.6) is 0 Å². The van der Waals surface area contributed by atoms with Gasteiger partial charge in [-0.25, -0.2) is 0 Å². The van der Waals surface area contributed by atoms with Crippen LogP contribution in [0.15, 0.2) is 54.6 Å². The van der Waals surface area contributed by atoms with Crippen molar-refractivity contribution >= 4 is 5.91 Å². The monoisotopic (exact) mass is 429 g/mol. The Hall–Kier alpha value is -1.95. The van der Waals surface area contributed by atoms with E-state index in [4.69, 9.17) is 0 Å². The maximum atomic E-state index is 11.5. The fourth-order valence-electron chi connectivity index (χ4n) is 4.41. The molecule has 1 aromatic rings. The molecule has 0 aromatic heterocycles. The average molecular weight is 430 g/mol. The molecule has 2 rings (SSSR count). The molecule has 1 aliphatic rings. The summed E-state index contributed by atoms with van der Waals surface area (Å²) in [5, 5.41) is 34.5. The number of unbranched alkanes of at least 4 members (excludes halogenated alkanes) is 1. The highest BCUT2D eigenvalue weighted by Gasteiger charge is 2.47. The lowest BCUT2D eigenvalue weighted by Gasteiger charge is -2.26. The molecule has 0 heterocycles. The van der Waals surface area contributed by atoms with Crippen molar-refractivity contribution < 1.29 is 20.1 Å². The lowest BCUT2D eigenvalue weighted by atomic mass is 9.84. The van der Waals surface area contributed by atoms with E-state index >= 15 is 0 Å². The minimum Gasteiger partial charge on any atom is -0.393 e. The Balaban J connectivity index is 1.84. The van der Waals surface area contributed by atoms with E-state index in [0.29, 0.717) is 32.2 Å². The SMILES string of the molecule is CCNC(=O)CCC/C=C\C[C@@H]1[C@@H](/C=C/[C@@H](O)CCc2ccccc2)[C@@](C)(O)C[C@@H]1O. The third kappa shape index (κ3) is 8.60. The van der Waals surface area contributed by atoms with E-state index in [1.165, 1.54) is 5.56 Å². The van der Waals surface area contributed by atoms with Crippen LogP contribution in [0.3, 0.4) is 0 Å². The summed E-state index contributed by atoms with van der Waals surface area (Å²) < 4.78 is 0. The van der Waals surface area contributed by atoms with Crippen LogP contribution in [0.1, 0.15) is 57.9 Å². The second-order valence-electron chi connectivity index (χ2n) is 8.85. The van der Waals surface area contributed by atoms with Gasteiger partial charge in [-0.1, -0.05) is 54.6 Å². The van der Waals surface area contributed by atoms with Crippen LogP contribution in [0.2, 0.25) is 0 Å². The molecule has 1 saturated carbocycles. The highest BCUT2D eigenvalue weighted by Crippen LogP contribution is 2.43. The number of rotatable bonds is 12. The lowest BCUT2D eigenvalue weighted by molar-refractivity contribution is -0.121. The van der Waals surface area contributed by atoms with E-state index in [-0.39, 0.29) is 17.7 Å². The van der Waals surface area contributed by atoms with Gasteiger partial charge in [0, 0.05) is 25.3 Å². The van der Waals surface area contributed by atoms with Crippen LogP contribution in [-0.4, -0.2) is 45.6 Å². The van der Waals surface area contributed by atoms with E-state index in [0.717, 1.165) is 19.3 Å². The number of hydrogen-bond acceptors (Lipinski definition) is 4. The minimum absolute atomic E-state index is 0.0779. The Morgan fingerprint density at radius 2 is 2.03 bits per heavy atom. The zero-order valence-corrected chi connectivity index (χ0v) is 18.9. The molecular weight excluding hydrogens is 390 g/mol. The summed E-state index contributed by atoms with van der Waals surface area (Å²) in [5.41, 5.74) is 0.194. The smallest absolute Gasteiger partial charge is 0.219 e. The van der Waals surface area contributed by atoms with Gasteiger partial charge >= 0.3 is 0 Å². The second-order valence-corrected chi connectivity index (χ2v) is 8.85. The van der Waals surface area contributed by atoms with Crippen molar-refractivity contribution in [1.82, 2.24) is 5.32 Å². The van der Waals surface area contributed by atoms with Crippen LogP contribution < -0.4 is 5.32 Å². The van der Waals surface area contributed by atoms with Gasteiger partial charge in [0.2, 0.25) is 5.91 Å². The van der Waals surface area contributed by atoms with E-state index in [1.807, 2.05) is 49.4 Å². The molecule has 4 N–H and O–H groups in total. The van der Waals surface area contributed by atoms with Crippen molar-refractivity contribution in [3.05, 3.63) is 60.2 Å². The minimum atomic E-state index is -0.994. The van der Waals surface area contributed by atoms with Crippen LogP contribution in [0.4, 0.5) is 0 Å². The van der Waals surface area contributed by atoms with Crippen molar-refractivity contribution in [3.8, 4) is 0 Å². The fraction of sp³-hybridized carbons (Fsp3) is 0.577. The number of allylic oxidation sites excluding steroid dienone is 2. The maximum Gasteiger partial charge on any atom is 0.219 e. The van der Waals surface area contributed by atoms with Gasteiger partial charge < -0.3 is 20.6 Å². The van der Waals surface area contributed by atoms with Gasteiger partial charge in [-0.15, -0.1) is 0 Å². The van der Waals surface area contributed by atoms with E-state index in [1.54, 1.807) is 13.0 Å². The molecule has 1 aromatic carbocycles. The van der Waals surface area contributed by atoms with Gasteiger partial charge in [0.05, 0.1) is 17.8 Å². The zero-order valence-electron chi connectivity index (χ0n) is 18.9. The van der Waals surface area contributed by atoms with Gasteiger partial charge in [0.25, 0.3) is 0 Å². The number of amides is 1. The molecule has 172 valence electrons. The maximum absolute atomic E-state index is 11.5. The Labute approximate surface area is 186 Å². The summed E-state index contributed by atoms with van der Waals surface area (Å²) in [6, 6.07) is 10.1. The standard InChI is InChI=1S/C26H39NO4/c1-3-27-25(30)14-10-5-4-9-13-22-23(26(2,31)19-24(22)29)18-17-21(28)16-15-20-11-7-6-8-12-20/h4,6-9,11-12,17-18,21-24,28-29,31H,3,5,10,13-16,19H2,1-2H3,(H,27,30)/b9-4-,18-17+/t21-,22+,23+,24-,26-/m0/s1. The number of aryl methyl sites for hydroxylation is 1. The van der Waals surface area contributed by atoms with Crippen molar-refractivity contribution in [2.24, 2.45) is 11.8 Å². The number of benzene rings is 1. The van der Waals surface area contributed by atoms with Crippen LogP contribution in [0, 0.1) is 11.8 Å². The number of carbonyl (C=O) groups excluding carboxylic acids is 1. The summed E-state index contributed by atoms with van der Waals surface area (Å²) in [6.07, 6.45) is 11.1. The Morgan fingerprint density at radius 3 is 2.74 bits per heavy atom. The first-order valence-electron chi connectivity index (χ1n) is 11.6. The Morgan fingerprint density at radius 1 is 1.29 bits per heavy atom. The number of nitrogens with one attached hydrogen (secondary N) is 1. The largest absolute Gasteiger partial charge is 0.393 e. The quantitative estimate of drug-likeness (QED) is 0.302. The summed E-state index contributed by atoms with van der Waals surface area (Å²) in [4.78, 5) is 11.5. The van der Waals surface area contributed by atoms with Crippen molar-refractivity contribution in [1.29, 1.82) is 0 Å². The molecular formula is C26H39NO4. The highest BCUT2D eigenvalue weighted by atomic mass is 16.3. The second kappa shape index (κ2) is 12.8. The Kier molecular flexibility index (Phi) is 10.4. The van der Waals surface area contributed by atoms with Crippen LogP contribution in [0.25, 0.3) is 0 Å². The molecule has 0 bridgehead atoms. The molecule has 5 heteroatoms. The van der Waals surface area contributed by atoms with Crippen molar-refractivity contribution in [3.63, 3.8) is 0 Å². The number of aliphatic hydroxyl groups is 3. The molecule has 5 nitrogen and oxygen atoms in total. The lowest BCUT2D eigenvalue weighted by Crippen LogP contribution is -2.30. The number of aliphatic hydroxyl groups excluding tert-OH is 2. The average Bonchev–Trinajstić information content (AvgIpc) is 2.95. The van der Waals surface area contributed by atoms with Crippen molar-refractivity contribution in [2.75, 3.05) is 6.54 Å². The van der Waals surface area contributed by atoms with Crippen molar-refractivity contribution in [2.45, 2.75) is 76.6 Å². The molecule has 0 saturated heterocycles. The van der Waals surface area contributed by atoms with E-state index in [2.05, 4.69) is 11.4 Å². The van der Waals surface area contributed by atoms with Crippen LogP contribution in [-0.2, 0) is 11.2 Å². The van der Waals surface area contributed by atoms with Gasteiger partial charge in [-0.3, -0.25) is 4.79 Å². The summed E-state index contributed by atoms with van der Waals surface area (Å²) in [6.45, 7) is 4.33. The van der Waals surface area contributed by atoms with Gasteiger partial charge in [-0.2, -0.15) is 0 Å². The molecule has 0 spiro atoms. The predicted octanol–water partition coefficient (Wildman–Crippen LogP) is 3.54. The summed E-state index contributed by atoms with van der Waals surface area (Å²) >= 11 is 0. The van der Waals surface area contributed by atoms with E-state index in [9.17, 15) is 20.1 Å². The first kappa shape index (κ1) is 25.3. The number of carbonyl (C=O) groups is 1. The normalized spacial score (nSPS) is 27.2. The third-order valence-electron chi connectivity index (χ3n) is 6.13. The Bertz CT molecular complexity index is 713. The van der Waals surface area contributed by atoms with Gasteiger partial charge in [-0.05, 0) is 57.4 Å². The first-order chi connectivity index (χ1) is 14.8. The molecule has 0 aliphatic heterocycles. The van der Waals surface area contributed by atoms with Gasteiger partial charge in [0.15, 0.2) is 0 Å². The topological polar surface area (TPSA) is 89.8 Å². The molecule has 1 fully saturated rings.